The van der Waals surface area contributed by atoms with Gasteiger partial charge in [0.05, 0.1) is 9.09 Å². The van der Waals surface area contributed by atoms with E-state index in [9.17, 15) is 0 Å². The number of aromatic nitrogens is 1. The molecule has 0 fully saturated rings. The first kappa shape index (κ1) is 7.95. The standard InChI is InChI=1S/C7H5Br2N/c8-7(9)5-6-3-1-2-4-10-6/h1-5H. The molecule has 0 spiro atoms. The van der Waals surface area contributed by atoms with Crippen LogP contribution in [-0.2, 0) is 0 Å². The van der Waals surface area contributed by atoms with Crippen molar-refractivity contribution < 1.29 is 0 Å². The average molecular weight is 263 g/mol. The van der Waals surface area contributed by atoms with Crippen molar-refractivity contribution in [1.82, 2.24) is 4.98 Å². The quantitative estimate of drug-likeness (QED) is 0.758. The van der Waals surface area contributed by atoms with Gasteiger partial charge in [-0.1, -0.05) is 6.07 Å². The lowest BCUT2D eigenvalue weighted by Gasteiger charge is -1.88. The van der Waals surface area contributed by atoms with E-state index in [1.165, 1.54) is 0 Å². The Labute approximate surface area is 76.4 Å². The van der Waals surface area contributed by atoms with E-state index in [-0.39, 0.29) is 0 Å². The summed E-state index contributed by atoms with van der Waals surface area (Å²) in [5.74, 6) is 0. The van der Waals surface area contributed by atoms with Crippen LogP contribution in [0.25, 0.3) is 6.08 Å². The van der Waals surface area contributed by atoms with Crippen molar-refractivity contribution in [3.05, 3.63) is 33.5 Å². The van der Waals surface area contributed by atoms with Crippen molar-refractivity contribution in [2.45, 2.75) is 0 Å². The smallest absolute Gasteiger partial charge is 0.0646 e. The predicted octanol–water partition coefficient (Wildman–Crippen LogP) is 3.17. The van der Waals surface area contributed by atoms with Crippen molar-refractivity contribution in [3.8, 4) is 0 Å². The largest absolute Gasteiger partial charge is 0.257 e. The van der Waals surface area contributed by atoms with E-state index < -0.39 is 0 Å². The Kier molecular flexibility index (Phi) is 3.09. The molecule has 1 heterocycles. The van der Waals surface area contributed by atoms with Crippen molar-refractivity contribution >= 4 is 37.9 Å². The summed E-state index contributed by atoms with van der Waals surface area (Å²) in [6.45, 7) is 0. The summed E-state index contributed by atoms with van der Waals surface area (Å²) in [6.07, 6.45) is 3.65. The van der Waals surface area contributed by atoms with Gasteiger partial charge in [-0.3, -0.25) is 4.98 Å². The van der Waals surface area contributed by atoms with Crippen molar-refractivity contribution in [2.24, 2.45) is 0 Å². The van der Waals surface area contributed by atoms with Gasteiger partial charge < -0.3 is 0 Å². The molecule has 0 saturated heterocycles. The Morgan fingerprint density at radius 3 is 2.70 bits per heavy atom. The van der Waals surface area contributed by atoms with Crippen molar-refractivity contribution in [1.29, 1.82) is 0 Å². The summed E-state index contributed by atoms with van der Waals surface area (Å²) < 4.78 is 0.902. The molecule has 52 valence electrons. The summed E-state index contributed by atoms with van der Waals surface area (Å²) in [6, 6.07) is 5.77. The normalized spacial score (nSPS) is 9.00. The molecule has 0 amide bonds. The van der Waals surface area contributed by atoms with Crippen LogP contribution in [0.4, 0.5) is 0 Å². The van der Waals surface area contributed by atoms with Crippen LogP contribution in [-0.4, -0.2) is 4.98 Å². The second-order valence-electron chi connectivity index (χ2n) is 1.69. The molecule has 0 unspecified atom stereocenters. The van der Waals surface area contributed by atoms with Crippen LogP contribution in [0.2, 0.25) is 0 Å². The van der Waals surface area contributed by atoms with Gasteiger partial charge in [0.25, 0.3) is 0 Å². The minimum Gasteiger partial charge on any atom is -0.257 e. The molecule has 0 atom stereocenters. The Bertz CT molecular complexity index is 227. The second-order valence-corrected chi connectivity index (χ2v) is 4.46. The number of halogens is 2. The topological polar surface area (TPSA) is 12.9 Å². The van der Waals surface area contributed by atoms with E-state index in [1.807, 2.05) is 24.3 Å². The lowest BCUT2D eigenvalue weighted by molar-refractivity contribution is 1.30. The molecule has 1 aromatic heterocycles. The van der Waals surface area contributed by atoms with Crippen LogP contribution in [0.15, 0.2) is 27.8 Å². The summed E-state index contributed by atoms with van der Waals surface area (Å²) in [5, 5.41) is 0. The fourth-order valence-corrected chi connectivity index (χ4v) is 1.04. The lowest BCUT2D eigenvalue weighted by Crippen LogP contribution is -1.75. The van der Waals surface area contributed by atoms with Gasteiger partial charge in [0, 0.05) is 6.20 Å². The maximum atomic E-state index is 4.08. The Morgan fingerprint density at radius 2 is 2.20 bits per heavy atom. The zero-order chi connectivity index (χ0) is 7.40. The summed E-state index contributed by atoms with van der Waals surface area (Å²) in [5.41, 5.74) is 0.936. The molecule has 10 heavy (non-hydrogen) atoms. The third-order valence-corrected chi connectivity index (χ3v) is 1.40. The van der Waals surface area contributed by atoms with Gasteiger partial charge in [0.2, 0.25) is 0 Å². The van der Waals surface area contributed by atoms with Gasteiger partial charge in [-0.2, -0.15) is 0 Å². The third kappa shape index (κ3) is 2.62. The number of rotatable bonds is 1. The third-order valence-electron chi connectivity index (χ3n) is 0.945. The molecular weight excluding hydrogens is 258 g/mol. The number of nitrogens with zero attached hydrogens (tertiary/aromatic N) is 1. The first-order chi connectivity index (χ1) is 4.79. The molecule has 0 aromatic carbocycles. The predicted molar refractivity (Wildman–Crippen MR) is 50.1 cm³/mol. The SMILES string of the molecule is BrC(Br)=Cc1ccccn1. The van der Waals surface area contributed by atoms with E-state index in [0.717, 1.165) is 9.09 Å². The zero-order valence-electron chi connectivity index (χ0n) is 5.09. The first-order valence-electron chi connectivity index (χ1n) is 2.73. The van der Waals surface area contributed by atoms with Gasteiger partial charge >= 0.3 is 0 Å². The van der Waals surface area contributed by atoms with Crippen molar-refractivity contribution in [2.75, 3.05) is 0 Å². The van der Waals surface area contributed by atoms with Crippen molar-refractivity contribution in [3.63, 3.8) is 0 Å². The summed E-state index contributed by atoms with van der Waals surface area (Å²) in [7, 11) is 0. The Morgan fingerprint density at radius 1 is 1.40 bits per heavy atom. The van der Waals surface area contributed by atoms with Gasteiger partial charge in [-0.25, -0.2) is 0 Å². The molecule has 0 aliphatic heterocycles. The fraction of sp³-hybridized carbons (Fsp3) is 0. The number of pyridine rings is 1. The molecule has 3 heteroatoms. The lowest BCUT2D eigenvalue weighted by atomic mass is 10.4. The molecule has 0 radical (unpaired) electrons. The Balaban J connectivity index is 2.87. The van der Waals surface area contributed by atoms with Crippen LogP contribution in [0.3, 0.4) is 0 Å². The minimum absolute atomic E-state index is 0.902. The van der Waals surface area contributed by atoms with Crippen LogP contribution >= 0.6 is 31.9 Å². The minimum atomic E-state index is 0.902. The molecule has 0 saturated carbocycles. The van der Waals surface area contributed by atoms with Gasteiger partial charge in [-0.05, 0) is 50.1 Å². The fourth-order valence-electron chi connectivity index (χ4n) is 0.573. The van der Waals surface area contributed by atoms with Gasteiger partial charge in [0.15, 0.2) is 0 Å². The second kappa shape index (κ2) is 3.88. The zero-order valence-corrected chi connectivity index (χ0v) is 8.26. The van der Waals surface area contributed by atoms with E-state index in [4.69, 9.17) is 0 Å². The van der Waals surface area contributed by atoms with Gasteiger partial charge in [0.1, 0.15) is 0 Å². The molecule has 0 aliphatic rings. The first-order valence-corrected chi connectivity index (χ1v) is 4.31. The average Bonchev–Trinajstić information content (AvgIpc) is 1.88. The molecule has 0 aliphatic carbocycles. The van der Waals surface area contributed by atoms with Gasteiger partial charge in [-0.15, -0.1) is 0 Å². The summed E-state index contributed by atoms with van der Waals surface area (Å²) >= 11 is 6.50. The molecule has 1 nitrogen and oxygen atoms in total. The summed E-state index contributed by atoms with van der Waals surface area (Å²) in [4.78, 5) is 4.08. The van der Waals surface area contributed by atoms with E-state index in [2.05, 4.69) is 36.8 Å². The maximum absolute atomic E-state index is 4.08. The molecule has 0 bridgehead atoms. The van der Waals surface area contributed by atoms with Crippen LogP contribution in [0, 0.1) is 0 Å². The highest BCUT2D eigenvalue weighted by Gasteiger charge is 1.86. The maximum Gasteiger partial charge on any atom is 0.0646 e. The van der Waals surface area contributed by atoms with Crippen LogP contribution in [0.5, 0.6) is 0 Å². The molecule has 1 aromatic rings. The monoisotopic (exact) mass is 261 g/mol. The number of hydrogen-bond donors (Lipinski definition) is 0. The Hall–Kier alpha value is -0.150. The van der Waals surface area contributed by atoms with Crippen LogP contribution < -0.4 is 0 Å². The highest BCUT2D eigenvalue weighted by molar-refractivity contribution is 9.28. The highest BCUT2D eigenvalue weighted by atomic mass is 79.9. The van der Waals surface area contributed by atoms with E-state index in [1.54, 1.807) is 6.20 Å². The van der Waals surface area contributed by atoms with E-state index >= 15 is 0 Å². The van der Waals surface area contributed by atoms with E-state index in [0.29, 0.717) is 0 Å². The highest BCUT2D eigenvalue weighted by Crippen LogP contribution is 2.16. The molecular formula is C7H5Br2N. The van der Waals surface area contributed by atoms with Crippen LogP contribution in [0.1, 0.15) is 5.69 Å². The molecule has 1 rings (SSSR count). The number of hydrogen-bond acceptors (Lipinski definition) is 1. The molecule has 0 N–H and O–H groups in total.